The van der Waals surface area contributed by atoms with Crippen molar-refractivity contribution < 1.29 is 13.2 Å². The van der Waals surface area contributed by atoms with E-state index in [2.05, 4.69) is 5.32 Å². The summed E-state index contributed by atoms with van der Waals surface area (Å²) in [7, 11) is -1.84. The predicted molar refractivity (Wildman–Crippen MR) is 93.2 cm³/mol. The first-order valence-corrected chi connectivity index (χ1v) is 8.97. The summed E-state index contributed by atoms with van der Waals surface area (Å²) in [5, 5.41) is 11.6. The number of rotatable bonds is 5. The van der Waals surface area contributed by atoms with E-state index in [9.17, 15) is 13.2 Å². The van der Waals surface area contributed by atoms with Crippen molar-refractivity contribution in [3.05, 3.63) is 59.7 Å². The highest BCUT2D eigenvalue weighted by molar-refractivity contribution is 7.92. The van der Waals surface area contributed by atoms with E-state index in [-0.39, 0.29) is 12.3 Å². The number of carbonyl (C=O) groups excluding carboxylic acids is 1. The first kappa shape index (κ1) is 17.5. The minimum atomic E-state index is -3.31. The Bertz CT molecular complexity index is 884. The number of sulfonamides is 1. The minimum Gasteiger partial charge on any atom is -0.326 e. The molecule has 1 amide bonds. The van der Waals surface area contributed by atoms with E-state index in [4.69, 9.17) is 5.26 Å². The Morgan fingerprint density at radius 1 is 1.21 bits per heavy atom. The van der Waals surface area contributed by atoms with Crippen LogP contribution >= 0.6 is 0 Å². The highest BCUT2D eigenvalue weighted by Crippen LogP contribution is 2.17. The number of carbonyl (C=O) groups is 1. The Kier molecular flexibility index (Phi) is 5.21. The molecule has 0 unspecified atom stereocenters. The number of nitrogens with zero attached hydrogens (tertiary/aromatic N) is 2. The highest BCUT2D eigenvalue weighted by atomic mass is 32.2. The fourth-order valence-electron chi connectivity index (χ4n) is 2.07. The van der Waals surface area contributed by atoms with Gasteiger partial charge in [-0.15, -0.1) is 0 Å². The van der Waals surface area contributed by atoms with Crippen LogP contribution in [0.4, 0.5) is 11.4 Å². The van der Waals surface area contributed by atoms with Gasteiger partial charge >= 0.3 is 0 Å². The lowest BCUT2D eigenvalue weighted by atomic mass is 10.1. The molecule has 0 bridgehead atoms. The fourth-order valence-corrected chi connectivity index (χ4v) is 2.58. The van der Waals surface area contributed by atoms with E-state index in [1.807, 2.05) is 6.07 Å². The Hall–Kier alpha value is -2.85. The van der Waals surface area contributed by atoms with Crippen molar-refractivity contribution in [2.75, 3.05) is 22.9 Å². The topological polar surface area (TPSA) is 90.3 Å². The van der Waals surface area contributed by atoms with Gasteiger partial charge < -0.3 is 5.32 Å². The molecule has 6 nitrogen and oxygen atoms in total. The van der Waals surface area contributed by atoms with Crippen LogP contribution in [0.5, 0.6) is 0 Å². The fraction of sp³-hybridized carbons (Fsp3) is 0.176. The van der Waals surface area contributed by atoms with Crippen LogP contribution in [0.3, 0.4) is 0 Å². The highest BCUT2D eigenvalue weighted by Gasteiger charge is 2.12. The van der Waals surface area contributed by atoms with E-state index < -0.39 is 10.0 Å². The molecule has 24 heavy (non-hydrogen) atoms. The molecule has 0 aromatic heterocycles. The van der Waals surface area contributed by atoms with Gasteiger partial charge in [0, 0.05) is 12.7 Å². The molecule has 7 heteroatoms. The molecular weight excluding hydrogens is 326 g/mol. The van der Waals surface area contributed by atoms with E-state index >= 15 is 0 Å². The van der Waals surface area contributed by atoms with Gasteiger partial charge in [0.2, 0.25) is 15.9 Å². The Labute approximate surface area is 141 Å². The predicted octanol–water partition coefficient (Wildman–Crippen LogP) is 2.14. The summed E-state index contributed by atoms with van der Waals surface area (Å²) in [6.07, 6.45) is 1.28. The molecule has 2 rings (SSSR count). The van der Waals surface area contributed by atoms with Gasteiger partial charge in [-0.2, -0.15) is 5.26 Å². The maximum Gasteiger partial charge on any atom is 0.231 e. The van der Waals surface area contributed by atoms with Crippen LogP contribution in [0.25, 0.3) is 0 Å². The molecule has 2 aromatic rings. The zero-order valence-corrected chi connectivity index (χ0v) is 14.2. The molecule has 1 N–H and O–H groups in total. The molecule has 0 atom stereocenters. The number of benzene rings is 2. The standard InChI is InChI=1S/C17H17N3O3S/c1-20(24(2,22)23)16-8-6-13(7-9-16)11-17(21)19-15-5-3-4-14(10-15)12-18/h3-10H,11H2,1-2H3,(H,19,21). The normalized spacial score (nSPS) is 10.7. The Balaban J connectivity index is 2.03. The number of nitrogens with one attached hydrogen (secondary N) is 1. The second kappa shape index (κ2) is 7.15. The molecule has 0 fully saturated rings. The first-order valence-electron chi connectivity index (χ1n) is 7.12. The third kappa shape index (κ3) is 4.57. The zero-order chi connectivity index (χ0) is 17.7. The van der Waals surface area contributed by atoms with Crippen molar-refractivity contribution in [3.63, 3.8) is 0 Å². The number of hydrogen-bond donors (Lipinski definition) is 1. The maximum absolute atomic E-state index is 12.1. The van der Waals surface area contributed by atoms with Crippen molar-refractivity contribution in [3.8, 4) is 6.07 Å². The molecule has 0 saturated carbocycles. The van der Waals surface area contributed by atoms with E-state index in [1.54, 1.807) is 48.5 Å². The van der Waals surface area contributed by atoms with E-state index in [0.717, 1.165) is 11.8 Å². The number of anilines is 2. The average molecular weight is 343 g/mol. The lowest BCUT2D eigenvalue weighted by Crippen LogP contribution is -2.24. The quantitative estimate of drug-likeness (QED) is 0.900. The zero-order valence-electron chi connectivity index (χ0n) is 13.4. The second-order valence-electron chi connectivity index (χ2n) is 5.31. The second-order valence-corrected chi connectivity index (χ2v) is 7.33. The van der Waals surface area contributed by atoms with Crippen molar-refractivity contribution in [2.45, 2.75) is 6.42 Å². The van der Waals surface area contributed by atoms with Crippen molar-refractivity contribution >= 4 is 27.3 Å². The van der Waals surface area contributed by atoms with Crippen LogP contribution in [0, 0.1) is 11.3 Å². The van der Waals surface area contributed by atoms with Crippen LogP contribution in [0.2, 0.25) is 0 Å². The van der Waals surface area contributed by atoms with Crippen LogP contribution in [0.1, 0.15) is 11.1 Å². The van der Waals surface area contributed by atoms with Gasteiger partial charge in [0.15, 0.2) is 0 Å². The summed E-state index contributed by atoms with van der Waals surface area (Å²) < 4.78 is 24.1. The maximum atomic E-state index is 12.1. The van der Waals surface area contributed by atoms with E-state index in [0.29, 0.717) is 16.9 Å². The van der Waals surface area contributed by atoms with Gasteiger partial charge in [0.25, 0.3) is 0 Å². The average Bonchev–Trinajstić information content (AvgIpc) is 2.54. The van der Waals surface area contributed by atoms with Gasteiger partial charge in [-0.05, 0) is 35.9 Å². The van der Waals surface area contributed by atoms with Gasteiger partial charge in [-0.3, -0.25) is 9.10 Å². The molecule has 0 saturated heterocycles. The van der Waals surface area contributed by atoms with E-state index in [1.165, 1.54) is 11.4 Å². The molecule has 2 aromatic carbocycles. The van der Waals surface area contributed by atoms with Gasteiger partial charge in [0.1, 0.15) is 0 Å². The van der Waals surface area contributed by atoms with Gasteiger partial charge in [-0.25, -0.2) is 8.42 Å². The molecule has 124 valence electrons. The third-order valence-corrected chi connectivity index (χ3v) is 4.64. The number of amides is 1. The molecule has 0 spiro atoms. The van der Waals surface area contributed by atoms with Crippen LogP contribution in [-0.2, 0) is 21.2 Å². The molecule has 0 aliphatic carbocycles. The van der Waals surface area contributed by atoms with Crippen molar-refractivity contribution in [1.82, 2.24) is 0 Å². The summed E-state index contributed by atoms with van der Waals surface area (Å²) in [6, 6.07) is 15.4. The Morgan fingerprint density at radius 3 is 2.46 bits per heavy atom. The molecule has 0 radical (unpaired) electrons. The van der Waals surface area contributed by atoms with Crippen LogP contribution in [0.15, 0.2) is 48.5 Å². The molecule has 0 aliphatic heterocycles. The minimum absolute atomic E-state index is 0.152. The SMILES string of the molecule is CN(c1ccc(CC(=O)Nc2cccc(C#N)c2)cc1)S(C)(=O)=O. The van der Waals surface area contributed by atoms with Crippen LogP contribution < -0.4 is 9.62 Å². The first-order chi connectivity index (χ1) is 11.3. The lowest BCUT2D eigenvalue weighted by Gasteiger charge is -2.16. The lowest BCUT2D eigenvalue weighted by molar-refractivity contribution is -0.115. The van der Waals surface area contributed by atoms with Gasteiger partial charge in [0.05, 0.1) is 30.0 Å². The third-order valence-electron chi connectivity index (χ3n) is 3.44. The summed E-state index contributed by atoms with van der Waals surface area (Å²) in [4.78, 5) is 12.1. The molecule has 0 heterocycles. The number of hydrogen-bond acceptors (Lipinski definition) is 4. The molecule has 0 aliphatic rings. The van der Waals surface area contributed by atoms with Crippen molar-refractivity contribution in [2.24, 2.45) is 0 Å². The summed E-state index contributed by atoms with van der Waals surface area (Å²) in [6.45, 7) is 0. The van der Waals surface area contributed by atoms with Gasteiger partial charge in [-0.1, -0.05) is 18.2 Å². The smallest absolute Gasteiger partial charge is 0.231 e. The van der Waals surface area contributed by atoms with Crippen LogP contribution in [-0.4, -0.2) is 27.6 Å². The Morgan fingerprint density at radius 2 is 1.88 bits per heavy atom. The van der Waals surface area contributed by atoms with Crippen molar-refractivity contribution in [1.29, 1.82) is 5.26 Å². The summed E-state index contributed by atoms with van der Waals surface area (Å²) >= 11 is 0. The summed E-state index contributed by atoms with van der Waals surface area (Å²) in [5.74, 6) is -0.214. The summed E-state index contributed by atoms with van der Waals surface area (Å²) in [5.41, 5.74) is 2.33. The monoisotopic (exact) mass is 343 g/mol. The number of nitriles is 1. The largest absolute Gasteiger partial charge is 0.326 e. The molecular formula is C17H17N3O3S.